The van der Waals surface area contributed by atoms with Gasteiger partial charge in [0.05, 0.1) is 6.20 Å². The van der Waals surface area contributed by atoms with Crippen molar-refractivity contribution < 1.29 is 14.3 Å². The van der Waals surface area contributed by atoms with E-state index in [1.54, 1.807) is 18.2 Å². The van der Waals surface area contributed by atoms with Crippen molar-refractivity contribution in [2.45, 2.75) is 19.8 Å². The number of hydrogen-bond donors (Lipinski definition) is 2. The number of hydrogen-bond acceptors (Lipinski definition) is 4. The van der Waals surface area contributed by atoms with Gasteiger partial charge in [0.15, 0.2) is 11.5 Å². The standard InChI is InChI=1S/C15H17N3O3/c1-10-12(8-17-18-10)3-2-6-16-15(19)11-4-5-13-14(7-11)21-9-20-13/h4-5,7-8H,2-3,6,9H2,1H3,(H,16,19)(H,17,18). The van der Waals surface area contributed by atoms with E-state index in [0.717, 1.165) is 18.5 Å². The molecule has 1 amide bonds. The maximum absolute atomic E-state index is 12.0. The van der Waals surface area contributed by atoms with Crippen molar-refractivity contribution in [1.82, 2.24) is 15.5 Å². The lowest BCUT2D eigenvalue weighted by atomic mass is 10.1. The first-order chi connectivity index (χ1) is 10.2. The minimum absolute atomic E-state index is 0.0998. The van der Waals surface area contributed by atoms with Crippen molar-refractivity contribution in [3.63, 3.8) is 0 Å². The highest BCUT2D eigenvalue weighted by Crippen LogP contribution is 2.32. The molecule has 0 saturated carbocycles. The van der Waals surface area contributed by atoms with Crippen LogP contribution in [0.15, 0.2) is 24.4 Å². The van der Waals surface area contributed by atoms with Crippen LogP contribution in [0.25, 0.3) is 0 Å². The van der Waals surface area contributed by atoms with E-state index < -0.39 is 0 Å². The monoisotopic (exact) mass is 287 g/mol. The molecular weight excluding hydrogens is 270 g/mol. The van der Waals surface area contributed by atoms with Crippen LogP contribution in [0.2, 0.25) is 0 Å². The van der Waals surface area contributed by atoms with Gasteiger partial charge in [0, 0.05) is 17.8 Å². The quantitative estimate of drug-likeness (QED) is 0.822. The third-order valence-electron chi connectivity index (χ3n) is 3.48. The molecule has 2 heterocycles. The fourth-order valence-electron chi connectivity index (χ4n) is 2.25. The zero-order valence-corrected chi connectivity index (χ0v) is 11.8. The molecule has 2 aromatic rings. The normalized spacial score (nSPS) is 12.4. The van der Waals surface area contributed by atoms with Gasteiger partial charge in [-0.1, -0.05) is 0 Å². The van der Waals surface area contributed by atoms with Gasteiger partial charge in [-0.15, -0.1) is 0 Å². The first-order valence-corrected chi connectivity index (χ1v) is 6.91. The van der Waals surface area contributed by atoms with Crippen LogP contribution in [-0.2, 0) is 6.42 Å². The Morgan fingerprint density at radius 3 is 3.05 bits per heavy atom. The Bertz CT molecular complexity index is 651. The molecule has 3 rings (SSSR count). The number of ether oxygens (including phenoxy) is 2. The summed E-state index contributed by atoms with van der Waals surface area (Å²) in [6.07, 6.45) is 3.59. The van der Waals surface area contributed by atoms with Crippen molar-refractivity contribution in [3.05, 3.63) is 41.2 Å². The lowest BCUT2D eigenvalue weighted by Gasteiger charge is -2.06. The van der Waals surface area contributed by atoms with E-state index >= 15 is 0 Å². The van der Waals surface area contributed by atoms with E-state index in [9.17, 15) is 4.79 Å². The molecule has 0 spiro atoms. The van der Waals surface area contributed by atoms with E-state index in [1.165, 1.54) is 5.56 Å². The average Bonchev–Trinajstić information content (AvgIpc) is 3.11. The van der Waals surface area contributed by atoms with Gasteiger partial charge in [-0.2, -0.15) is 5.10 Å². The van der Waals surface area contributed by atoms with Gasteiger partial charge >= 0.3 is 0 Å². The zero-order chi connectivity index (χ0) is 14.7. The summed E-state index contributed by atoms with van der Waals surface area (Å²) >= 11 is 0. The number of carbonyl (C=O) groups is 1. The Hall–Kier alpha value is -2.50. The number of H-pyrrole nitrogens is 1. The van der Waals surface area contributed by atoms with Crippen molar-refractivity contribution in [2.24, 2.45) is 0 Å². The fraction of sp³-hybridized carbons (Fsp3) is 0.333. The van der Waals surface area contributed by atoms with E-state index in [2.05, 4.69) is 15.5 Å². The summed E-state index contributed by atoms with van der Waals surface area (Å²) in [6.45, 7) is 2.83. The highest BCUT2D eigenvalue weighted by atomic mass is 16.7. The van der Waals surface area contributed by atoms with Crippen LogP contribution in [-0.4, -0.2) is 29.4 Å². The number of aryl methyl sites for hydroxylation is 2. The third-order valence-corrected chi connectivity index (χ3v) is 3.48. The molecule has 0 unspecified atom stereocenters. The van der Waals surface area contributed by atoms with E-state index in [4.69, 9.17) is 9.47 Å². The summed E-state index contributed by atoms with van der Waals surface area (Å²) in [7, 11) is 0. The summed E-state index contributed by atoms with van der Waals surface area (Å²) in [5.74, 6) is 1.20. The fourth-order valence-corrected chi connectivity index (χ4v) is 2.25. The smallest absolute Gasteiger partial charge is 0.251 e. The van der Waals surface area contributed by atoms with E-state index in [1.807, 2.05) is 13.1 Å². The number of fused-ring (bicyclic) bond motifs is 1. The third kappa shape index (κ3) is 2.99. The lowest BCUT2D eigenvalue weighted by molar-refractivity contribution is 0.0953. The molecule has 1 aliphatic rings. The van der Waals surface area contributed by atoms with Crippen LogP contribution in [0.3, 0.4) is 0 Å². The number of nitrogens with zero attached hydrogens (tertiary/aromatic N) is 1. The number of benzene rings is 1. The average molecular weight is 287 g/mol. The maximum Gasteiger partial charge on any atom is 0.251 e. The van der Waals surface area contributed by atoms with Crippen molar-refractivity contribution in [2.75, 3.05) is 13.3 Å². The summed E-state index contributed by atoms with van der Waals surface area (Å²) in [4.78, 5) is 12.0. The van der Waals surface area contributed by atoms with Crippen LogP contribution in [0.1, 0.15) is 28.0 Å². The van der Waals surface area contributed by atoms with Gasteiger partial charge < -0.3 is 14.8 Å². The second-order valence-electron chi connectivity index (χ2n) is 4.95. The molecule has 6 nitrogen and oxygen atoms in total. The van der Waals surface area contributed by atoms with E-state index in [-0.39, 0.29) is 12.7 Å². The molecule has 110 valence electrons. The summed E-state index contributed by atoms with van der Waals surface area (Å²) in [5, 5.41) is 9.79. The number of carbonyl (C=O) groups excluding carboxylic acids is 1. The van der Waals surface area contributed by atoms with Crippen LogP contribution in [0.5, 0.6) is 11.5 Å². The first kappa shape index (κ1) is 13.5. The molecule has 0 saturated heterocycles. The summed E-state index contributed by atoms with van der Waals surface area (Å²) in [6, 6.07) is 5.20. The predicted octanol–water partition coefficient (Wildman–Crippen LogP) is 1.81. The Kier molecular flexibility index (Phi) is 3.77. The number of aromatic amines is 1. The van der Waals surface area contributed by atoms with Gasteiger partial charge in [0.1, 0.15) is 0 Å². The molecule has 0 fully saturated rings. The largest absolute Gasteiger partial charge is 0.454 e. The maximum atomic E-state index is 12.0. The first-order valence-electron chi connectivity index (χ1n) is 6.91. The van der Waals surface area contributed by atoms with Gasteiger partial charge in [0.2, 0.25) is 6.79 Å². The molecule has 21 heavy (non-hydrogen) atoms. The molecule has 2 N–H and O–H groups in total. The molecule has 0 bridgehead atoms. The minimum atomic E-state index is -0.0998. The van der Waals surface area contributed by atoms with Crippen LogP contribution >= 0.6 is 0 Å². The molecule has 0 atom stereocenters. The van der Waals surface area contributed by atoms with Crippen LogP contribution in [0.4, 0.5) is 0 Å². The Labute approximate surface area is 122 Å². The van der Waals surface area contributed by atoms with Gasteiger partial charge in [-0.05, 0) is 43.5 Å². The predicted molar refractivity (Wildman–Crippen MR) is 76.5 cm³/mol. The number of aromatic nitrogens is 2. The molecule has 0 aliphatic carbocycles. The highest BCUT2D eigenvalue weighted by molar-refractivity contribution is 5.94. The van der Waals surface area contributed by atoms with Crippen molar-refractivity contribution in [1.29, 1.82) is 0 Å². The molecule has 1 aromatic heterocycles. The summed E-state index contributed by atoms with van der Waals surface area (Å²) < 4.78 is 10.5. The molecular formula is C15H17N3O3. The SMILES string of the molecule is Cc1[nH]ncc1CCCNC(=O)c1ccc2c(c1)OCO2. The van der Waals surface area contributed by atoms with Gasteiger partial charge in [-0.25, -0.2) is 0 Å². The molecule has 1 aliphatic heterocycles. The molecule has 1 aromatic carbocycles. The molecule has 6 heteroatoms. The second-order valence-corrected chi connectivity index (χ2v) is 4.95. The Balaban J connectivity index is 1.49. The number of rotatable bonds is 5. The summed E-state index contributed by atoms with van der Waals surface area (Å²) in [5.41, 5.74) is 2.85. The van der Waals surface area contributed by atoms with Crippen molar-refractivity contribution in [3.8, 4) is 11.5 Å². The number of nitrogens with one attached hydrogen (secondary N) is 2. The topological polar surface area (TPSA) is 76.2 Å². The lowest BCUT2D eigenvalue weighted by Crippen LogP contribution is -2.24. The zero-order valence-electron chi connectivity index (χ0n) is 11.8. The highest BCUT2D eigenvalue weighted by Gasteiger charge is 2.15. The van der Waals surface area contributed by atoms with Crippen LogP contribution < -0.4 is 14.8 Å². The molecule has 0 radical (unpaired) electrons. The Morgan fingerprint density at radius 2 is 2.24 bits per heavy atom. The van der Waals surface area contributed by atoms with Gasteiger partial charge in [0.25, 0.3) is 5.91 Å². The number of amides is 1. The minimum Gasteiger partial charge on any atom is -0.454 e. The van der Waals surface area contributed by atoms with E-state index in [0.29, 0.717) is 23.6 Å². The van der Waals surface area contributed by atoms with Crippen molar-refractivity contribution >= 4 is 5.91 Å². The Morgan fingerprint density at radius 1 is 1.38 bits per heavy atom. The van der Waals surface area contributed by atoms with Crippen LogP contribution in [0, 0.1) is 6.92 Å². The van der Waals surface area contributed by atoms with Gasteiger partial charge in [-0.3, -0.25) is 9.89 Å². The second kappa shape index (κ2) is 5.87.